The van der Waals surface area contributed by atoms with E-state index in [9.17, 15) is 4.79 Å². The zero-order valence-electron chi connectivity index (χ0n) is 12.8. The summed E-state index contributed by atoms with van der Waals surface area (Å²) in [6, 6.07) is 6.19. The predicted molar refractivity (Wildman–Crippen MR) is 87.3 cm³/mol. The number of hydrogen-bond acceptors (Lipinski definition) is 4. The standard InChI is InChI=1S/C15H25N3OS/c1-5-18(11-15(19)17(3)4)13-8-7-9-14(20-6-2)12(13)10-16/h7-9H,5-6,10-11,16H2,1-4H3. The summed E-state index contributed by atoms with van der Waals surface area (Å²) in [6.07, 6.45) is 0. The van der Waals surface area contributed by atoms with Crippen LogP contribution < -0.4 is 10.6 Å². The van der Waals surface area contributed by atoms with E-state index in [1.807, 2.05) is 12.1 Å². The molecule has 0 saturated heterocycles. The third-order valence-corrected chi connectivity index (χ3v) is 4.14. The Kier molecular flexibility index (Phi) is 6.88. The number of benzene rings is 1. The Morgan fingerprint density at radius 3 is 2.50 bits per heavy atom. The molecule has 0 bridgehead atoms. The maximum Gasteiger partial charge on any atom is 0.241 e. The zero-order valence-corrected chi connectivity index (χ0v) is 13.7. The summed E-state index contributed by atoms with van der Waals surface area (Å²) < 4.78 is 0. The first-order chi connectivity index (χ1) is 9.54. The van der Waals surface area contributed by atoms with Crippen molar-refractivity contribution in [1.82, 2.24) is 4.90 Å². The highest BCUT2D eigenvalue weighted by atomic mass is 32.2. The van der Waals surface area contributed by atoms with Crippen LogP contribution >= 0.6 is 11.8 Å². The molecule has 0 aliphatic heterocycles. The SMILES string of the molecule is CCSc1cccc(N(CC)CC(=O)N(C)C)c1CN. The monoisotopic (exact) mass is 295 g/mol. The predicted octanol–water partition coefficient (Wildman–Crippen LogP) is 2.17. The molecule has 1 aromatic rings. The van der Waals surface area contributed by atoms with Crippen molar-refractivity contribution >= 4 is 23.4 Å². The maximum atomic E-state index is 11.9. The van der Waals surface area contributed by atoms with Crippen LogP contribution in [0.2, 0.25) is 0 Å². The van der Waals surface area contributed by atoms with Gasteiger partial charge in [0.15, 0.2) is 0 Å². The maximum absolute atomic E-state index is 11.9. The minimum Gasteiger partial charge on any atom is -0.362 e. The van der Waals surface area contributed by atoms with Gasteiger partial charge in [-0.25, -0.2) is 0 Å². The summed E-state index contributed by atoms with van der Waals surface area (Å²) in [5, 5.41) is 0. The van der Waals surface area contributed by atoms with Gasteiger partial charge in [-0.1, -0.05) is 13.0 Å². The number of carbonyl (C=O) groups is 1. The number of amides is 1. The lowest BCUT2D eigenvalue weighted by Crippen LogP contribution is -2.37. The third kappa shape index (κ3) is 4.15. The average molecular weight is 295 g/mol. The summed E-state index contributed by atoms with van der Waals surface area (Å²) in [5.41, 5.74) is 8.13. The molecular formula is C15H25N3OS. The van der Waals surface area contributed by atoms with E-state index in [1.165, 1.54) is 4.90 Å². The number of nitrogens with two attached hydrogens (primary N) is 1. The van der Waals surface area contributed by atoms with Crippen LogP contribution in [0.5, 0.6) is 0 Å². The Hall–Kier alpha value is -1.20. The van der Waals surface area contributed by atoms with E-state index in [0.717, 1.165) is 23.5 Å². The van der Waals surface area contributed by atoms with Crippen LogP contribution in [0.1, 0.15) is 19.4 Å². The molecule has 1 aromatic carbocycles. The summed E-state index contributed by atoms with van der Waals surface area (Å²) >= 11 is 1.79. The van der Waals surface area contributed by atoms with Gasteiger partial charge in [-0.15, -0.1) is 11.8 Å². The molecule has 2 N–H and O–H groups in total. The second kappa shape index (κ2) is 8.17. The van der Waals surface area contributed by atoms with E-state index in [0.29, 0.717) is 13.1 Å². The van der Waals surface area contributed by atoms with Gasteiger partial charge in [0.25, 0.3) is 0 Å². The number of nitrogens with zero attached hydrogens (tertiary/aromatic N) is 2. The van der Waals surface area contributed by atoms with Crippen LogP contribution in [0, 0.1) is 0 Å². The minimum absolute atomic E-state index is 0.100. The van der Waals surface area contributed by atoms with Crippen molar-refractivity contribution in [2.45, 2.75) is 25.3 Å². The molecule has 0 aliphatic carbocycles. The Labute approximate surface area is 126 Å². The largest absolute Gasteiger partial charge is 0.362 e. The van der Waals surface area contributed by atoms with E-state index < -0.39 is 0 Å². The van der Waals surface area contributed by atoms with E-state index in [1.54, 1.807) is 30.8 Å². The van der Waals surface area contributed by atoms with Gasteiger partial charge in [-0.2, -0.15) is 0 Å². The molecule has 1 rings (SSSR count). The van der Waals surface area contributed by atoms with E-state index in [4.69, 9.17) is 5.73 Å². The van der Waals surface area contributed by atoms with Crippen molar-refractivity contribution in [2.24, 2.45) is 5.73 Å². The van der Waals surface area contributed by atoms with Crippen molar-refractivity contribution in [3.05, 3.63) is 23.8 Å². The first-order valence-electron chi connectivity index (χ1n) is 6.94. The molecule has 0 aromatic heterocycles. The van der Waals surface area contributed by atoms with Crippen molar-refractivity contribution in [1.29, 1.82) is 0 Å². The second-order valence-electron chi connectivity index (χ2n) is 4.69. The first kappa shape index (κ1) is 16.9. The van der Waals surface area contributed by atoms with Crippen LogP contribution in [0.15, 0.2) is 23.1 Å². The minimum atomic E-state index is 0.100. The van der Waals surface area contributed by atoms with Gasteiger partial charge >= 0.3 is 0 Å². The number of carbonyl (C=O) groups excluding carboxylic acids is 1. The van der Waals surface area contributed by atoms with Gasteiger partial charge in [0.05, 0.1) is 6.54 Å². The molecular weight excluding hydrogens is 270 g/mol. The van der Waals surface area contributed by atoms with Crippen molar-refractivity contribution in [2.75, 3.05) is 37.8 Å². The number of likely N-dealkylation sites (N-methyl/N-ethyl adjacent to an activating group) is 2. The lowest BCUT2D eigenvalue weighted by Gasteiger charge is -2.27. The number of hydrogen-bond donors (Lipinski definition) is 1. The number of anilines is 1. The van der Waals surface area contributed by atoms with E-state index in [-0.39, 0.29) is 5.91 Å². The molecule has 4 nitrogen and oxygen atoms in total. The Balaban J connectivity index is 3.08. The molecule has 0 saturated carbocycles. The van der Waals surface area contributed by atoms with Crippen LogP contribution in [0.3, 0.4) is 0 Å². The molecule has 1 amide bonds. The van der Waals surface area contributed by atoms with Gasteiger partial charge < -0.3 is 15.5 Å². The first-order valence-corrected chi connectivity index (χ1v) is 7.93. The van der Waals surface area contributed by atoms with Crippen LogP contribution in [-0.4, -0.2) is 43.7 Å². The molecule has 0 aliphatic rings. The molecule has 0 radical (unpaired) electrons. The van der Waals surface area contributed by atoms with E-state index >= 15 is 0 Å². The summed E-state index contributed by atoms with van der Waals surface area (Å²) in [7, 11) is 3.56. The molecule has 112 valence electrons. The number of thioether (sulfide) groups is 1. The van der Waals surface area contributed by atoms with Gasteiger partial charge in [0.1, 0.15) is 0 Å². The fraction of sp³-hybridized carbons (Fsp3) is 0.533. The van der Waals surface area contributed by atoms with Crippen molar-refractivity contribution in [3.63, 3.8) is 0 Å². The summed E-state index contributed by atoms with van der Waals surface area (Å²) in [4.78, 5) is 16.9. The van der Waals surface area contributed by atoms with Gasteiger partial charge in [0.2, 0.25) is 5.91 Å². The normalized spacial score (nSPS) is 10.4. The zero-order chi connectivity index (χ0) is 15.1. The van der Waals surface area contributed by atoms with E-state index in [2.05, 4.69) is 24.8 Å². The Morgan fingerprint density at radius 2 is 2.00 bits per heavy atom. The van der Waals surface area contributed by atoms with Gasteiger partial charge in [-0.3, -0.25) is 4.79 Å². The smallest absolute Gasteiger partial charge is 0.241 e. The Morgan fingerprint density at radius 1 is 1.30 bits per heavy atom. The fourth-order valence-electron chi connectivity index (χ4n) is 2.02. The molecule has 0 atom stereocenters. The molecule has 0 fully saturated rings. The molecule has 0 spiro atoms. The fourth-order valence-corrected chi connectivity index (χ4v) is 2.87. The highest BCUT2D eigenvalue weighted by molar-refractivity contribution is 7.99. The van der Waals surface area contributed by atoms with Gasteiger partial charge in [0, 0.05) is 43.3 Å². The summed E-state index contributed by atoms with van der Waals surface area (Å²) in [5.74, 6) is 1.11. The highest BCUT2D eigenvalue weighted by Crippen LogP contribution is 2.30. The van der Waals surface area contributed by atoms with Crippen molar-refractivity contribution in [3.8, 4) is 0 Å². The molecule has 0 unspecified atom stereocenters. The second-order valence-corrected chi connectivity index (χ2v) is 6.00. The van der Waals surface area contributed by atoms with Crippen LogP contribution in [0.4, 0.5) is 5.69 Å². The lowest BCUT2D eigenvalue weighted by molar-refractivity contribution is -0.127. The number of rotatable bonds is 7. The topological polar surface area (TPSA) is 49.6 Å². The summed E-state index contributed by atoms with van der Waals surface area (Å²) in [6.45, 7) is 5.85. The van der Waals surface area contributed by atoms with Crippen LogP contribution in [-0.2, 0) is 11.3 Å². The van der Waals surface area contributed by atoms with Gasteiger partial charge in [-0.05, 0) is 24.8 Å². The molecule has 20 heavy (non-hydrogen) atoms. The third-order valence-electron chi connectivity index (χ3n) is 3.16. The molecule has 5 heteroatoms. The Bertz CT molecular complexity index is 449. The van der Waals surface area contributed by atoms with Crippen molar-refractivity contribution < 1.29 is 4.79 Å². The quantitative estimate of drug-likeness (QED) is 0.783. The lowest BCUT2D eigenvalue weighted by atomic mass is 10.1. The molecule has 0 heterocycles. The van der Waals surface area contributed by atoms with Crippen LogP contribution in [0.25, 0.3) is 0 Å². The average Bonchev–Trinajstić information content (AvgIpc) is 2.44. The highest BCUT2D eigenvalue weighted by Gasteiger charge is 2.16.